The predicted molar refractivity (Wildman–Crippen MR) is 96.2 cm³/mol. The van der Waals surface area contributed by atoms with Gasteiger partial charge in [0.15, 0.2) is 0 Å². The molecule has 1 aromatic heterocycles. The minimum absolute atomic E-state index is 0.0317. The van der Waals surface area contributed by atoms with Gasteiger partial charge >= 0.3 is 6.03 Å². The maximum absolute atomic E-state index is 12.0. The lowest BCUT2D eigenvalue weighted by molar-refractivity contribution is 0.237. The quantitative estimate of drug-likeness (QED) is 0.716. The van der Waals surface area contributed by atoms with Gasteiger partial charge in [0, 0.05) is 29.4 Å². The molecular weight excluding hydrogens is 324 g/mol. The third-order valence-electron chi connectivity index (χ3n) is 3.73. The Kier molecular flexibility index (Phi) is 5.06. The summed E-state index contributed by atoms with van der Waals surface area (Å²) in [5.74, 6) is 0.863. The molecule has 2 amide bonds. The molecule has 0 spiro atoms. The molecule has 124 valence electrons. The van der Waals surface area contributed by atoms with Crippen molar-refractivity contribution in [2.24, 2.45) is 0 Å². The van der Waals surface area contributed by atoms with Crippen molar-refractivity contribution >= 4 is 28.6 Å². The molecule has 0 fully saturated rings. The molecule has 1 atom stereocenters. The Bertz CT molecular complexity index is 794. The van der Waals surface area contributed by atoms with E-state index in [1.165, 1.54) is 0 Å². The number of carbonyl (C=O) groups is 1. The van der Waals surface area contributed by atoms with Crippen LogP contribution in [0.5, 0.6) is 0 Å². The lowest BCUT2D eigenvalue weighted by Gasteiger charge is -2.13. The lowest BCUT2D eigenvalue weighted by Crippen LogP contribution is -2.41. The largest absolute Gasteiger partial charge is 0.461 e. The number of hydrogen-bond donors (Lipinski definition) is 2. The first-order chi connectivity index (χ1) is 11.6. The van der Waals surface area contributed by atoms with Crippen LogP contribution >= 0.6 is 11.6 Å². The first-order valence-corrected chi connectivity index (χ1v) is 8.24. The van der Waals surface area contributed by atoms with Crippen molar-refractivity contribution in [2.75, 3.05) is 0 Å². The van der Waals surface area contributed by atoms with Crippen LogP contribution in [0.15, 0.2) is 59.0 Å². The molecule has 0 radical (unpaired) electrons. The summed E-state index contributed by atoms with van der Waals surface area (Å²) in [6, 6.07) is 17.1. The van der Waals surface area contributed by atoms with Gasteiger partial charge in [-0.25, -0.2) is 4.79 Å². The summed E-state index contributed by atoms with van der Waals surface area (Å²) < 4.78 is 5.78. The number of hydrogen-bond acceptors (Lipinski definition) is 2. The third-order valence-corrected chi connectivity index (χ3v) is 3.98. The minimum Gasteiger partial charge on any atom is -0.461 e. The Balaban J connectivity index is 1.49. The molecule has 24 heavy (non-hydrogen) atoms. The number of para-hydroxylation sites is 1. The highest BCUT2D eigenvalue weighted by atomic mass is 35.5. The maximum Gasteiger partial charge on any atom is 0.315 e. The Hall–Kier alpha value is -2.46. The van der Waals surface area contributed by atoms with E-state index in [-0.39, 0.29) is 12.1 Å². The molecular formula is C19H19ClN2O2. The fourth-order valence-corrected chi connectivity index (χ4v) is 2.68. The normalized spacial score (nSPS) is 12.1. The summed E-state index contributed by atoms with van der Waals surface area (Å²) >= 11 is 5.84. The molecule has 0 bridgehead atoms. The fraction of sp³-hybridized carbons (Fsp3) is 0.211. The van der Waals surface area contributed by atoms with E-state index >= 15 is 0 Å². The van der Waals surface area contributed by atoms with Crippen LogP contribution in [0.3, 0.4) is 0 Å². The molecule has 5 heteroatoms. The summed E-state index contributed by atoms with van der Waals surface area (Å²) in [6.07, 6.45) is 0.642. The summed E-state index contributed by atoms with van der Waals surface area (Å²) in [5, 5.41) is 7.52. The minimum atomic E-state index is -0.200. The second kappa shape index (κ2) is 7.41. The number of benzene rings is 2. The number of nitrogens with one attached hydrogen (secondary N) is 2. The predicted octanol–water partition coefficient (Wildman–Crippen LogP) is 4.52. The van der Waals surface area contributed by atoms with E-state index in [0.29, 0.717) is 18.0 Å². The third kappa shape index (κ3) is 4.30. The highest BCUT2D eigenvalue weighted by Crippen LogP contribution is 2.19. The van der Waals surface area contributed by atoms with E-state index < -0.39 is 0 Å². The van der Waals surface area contributed by atoms with Gasteiger partial charge in [0.1, 0.15) is 11.3 Å². The van der Waals surface area contributed by atoms with Crippen LogP contribution in [0.25, 0.3) is 11.0 Å². The molecule has 1 heterocycles. The SMILES string of the molecule is CC(Cc1cc2ccccc2o1)NC(=O)NCc1ccc(Cl)cc1. The van der Waals surface area contributed by atoms with Gasteiger partial charge < -0.3 is 15.1 Å². The highest BCUT2D eigenvalue weighted by molar-refractivity contribution is 6.30. The molecule has 2 aromatic carbocycles. The van der Waals surface area contributed by atoms with Crippen LogP contribution in [0, 0.1) is 0 Å². The van der Waals surface area contributed by atoms with Crippen molar-refractivity contribution < 1.29 is 9.21 Å². The molecule has 4 nitrogen and oxygen atoms in total. The van der Waals surface area contributed by atoms with Crippen molar-refractivity contribution in [1.29, 1.82) is 0 Å². The molecule has 1 unspecified atom stereocenters. The average molecular weight is 343 g/mol. The number of amides is 2. The Morgan fingerprint density at radius 2 is 1.92 bits per heavy atom. The van der Waals surface area contributed by atoms with Crippen molar-refractivity contribution in [3.63, 3.8) is 0 Å². The van der Waals surface area contributed by atoms with Gasteiger partial charge in [-0.2, -0.15) is 0 Å². The van der Waals surface area contributed by atoms with E-state index in [2.05, 4.69) is 10.6 Å². The van der Waals surface area contributed by atoms with Gasteiger partial charge in [-0.1, -0.05) is 41.9 Å². The van der Waals surface area contributed by atoms with Crippen LogP contribution in [-0.2, 0) is 13.0 Å². The molecule has 3 aromatic rings. The van der Waals surface area contributed by atoms with Gasteiger partial charge in [0.2, 0.25) is 0 Å². The highest BCUT2D eigenvalue weighted by Gasteiger charge is 2.11. The zero-order valence-corrected chi connectivity index (χ0v) is 14.1. The van der Waals surface area contributed by atoms with E-state index in [1.807, 2.05) is 49.4 Å². The number of halogens is 1. The van der Waals surface area contributed by atoms with Crippen molar-refractivity contribution in [3.05, 3.63) is 70.9 Å². The molecule has 3 rings (SSSR count). The number of fused-ring (bicyclic) bond motifs is 1. The van der Waals surface area contributed by atoms with Crippen molar-refractivity contribution in [3.8, 4) is 0 Å². The summed E-state index contributed by atoms with van der Waals surface area (Å²) in [6.45, 7) is 2.41. The molecule has 0 aliphatic rings. The molecule has 0 saturated heterocycles. The van der Waals surface area contributed by atoms with Crippen LogP contribution in [-0.4, -0.2) is 12.1 Å². The lowest BCUT2D eigenvalue weighted by atomic mass is 10.2. The second-order valence-corrected chi connectivity index (χ2v) is 6.25. The topological polar surface area (TPSA) is 54.3 Å². The van der Waals surface area contributed by atoms with Gasteiger partial charge in [-0.05, 0) is 36.8 Å². The van der Waals surface area contributed by atoms with Crippen molar-refractivity contribution in [2.45, 2.75) is 25.9 Å². The fourth-order valence-electron chi connectivity index (χ4n) is 2.55. The Labute approximate surface area is 145 Å². The monoisotopic (exact) mass is 342 g/mol. The van der Waals surface area contributed by atoms with E-state index in [9.17, 15) is 4.79 Å². The van der Waals surface area contributed by atoms with Crippen molar-refractivity contribution in [1.82, 2.24) is 10.6 Å². The Morgan fingerprint density at radius 1 is 1.17 bits per heavy atom. The van der Waals surface area contributed by atoms with Crippen LogP contribution < -0.4 is 10.6 Å². The van der Waals surface area contributed by atoms with Crippen LogP contribution in [0.1, 0.15) is 18.2 Å². The number of urea groups is 1. The number of furan rings is 1. The van der Waals surface area contributed by atoms with E-state index in [1.54, 1.807) is 12.1 Å². The first-order valence-electron chi connectivity index (χ1n) is 7.86. The summed E-state index contributed by atoms with van der Waals surface area (Å²) in [7, 11) is 0. The molecule has 0 aliphatic carbocycles. The number of rotatable bonds is 5. The van der Waals surface area contributed by atoms with Gasteiger partial charge in [0.05, 0.1) is 0 Å². The van der Waals surface area contributed by atoms with Gasteiger partial charge in [-0.3, -0.25) is 0 Å². The van der Waals surface area contributed by atoms with Gasteiger partial charge in [0.25, 0.3) is 0 Å². The first kappa shape index (κ1) is 16.4. The zero-order valence-electron chi connectivity index (χ0n) is 13.4. The average Bonchev–Trinajstić information content (AvgIpc) is 2.96. The van der Waals surface area contributed by atoms with Gasteiger partial charge in [-0.15, -0.1) is 0 Å². The van der Waals surface area contributed by atoms with E-state index in [4.69, 9.17) is 16.0 Å². The summed E-state index contributed by atoms with van der Waals surface area (Å²) in [5.41, 5.74) is 1.87. The smallest absolute Gasteiger partial charge is 0.315 e. The summed E-state index contributed by atoms with van der Waals surface area (Å²) in [4.78, 5) is 12.0. The molecule has 2 N–H and O–H groups in total. The standard InChI is InChI=1S/C19H19ClN2O2/c1-13(10-17-11-15-4-2-3-5-18(15)24-17)22-19(23)21-12-14-6-8-16(20)9-7-14/h2-9,11,13H,10,12H2,1H3,(H2,21,22,23). The maximum atomic E-state index is 12.0. The van der Waals surface area contributed by atoms with Crippen LogP contribution in [0.2, 0.25) is 5.02 Å². The Morgan fingerprint density at radius 3 is 2.67 bits per heavy atom. The molecule has 0 saturated carbocycles. The number of carbonyl (C=O) groups excluding carboxylic acids is 1. The second-order valence-electron chi connectivity index (χ2n) is 5.81. The molecule has 0 aliphatic heterocycles. The van der Waals surface area contributed by atoms with Crippen LogP contribution in [0.4, 0.5) is 4.79 Å². The zero-order chi connectivity index (χ0) is 16.9. The van der Waals surface area contributed by atoms with E-state index in [0.717, 1.165) is 22.3 Å².